The predicted octanol–water partition coefficient (Wildman–Crippen LogP) is 5.02. The Bertz CT molecular complexity index is 1010. The molecule has 2 heterocycles. The van der Waals surface area contributed by atoms with Gasteiger partial charge in [-0.1, -0.05) is 30.1 Å². The van der Waals surface area contributed by atoms with E-state index in [1.165, 1.54) is 0 Å². The lowest BCUT2D eigenvalue weighted by atomic mass is 10.0. The van der Waals surface area contributed by atoms with Gasteiger partial charge in [0.2, 0.25) is 0 Å². The molecule has 0 unspecified atom stereocenters. The lowest BCUT2D eigenvalue weighted by Gasteiger charge is -2.31. The average Bonchev–Trinajstić information content (AvgIpc) is 2.59. The van der Waals surface area contributed by atoms with Gasteiger partial charge in [0.15, 0.2) is 6.73 Å². The summed E-state index contributed by atoms with van der Waals surface area (Å²) in [5, 5.41) is 2.06. The molecule has 0 amide bonds. The minimum Gasteiger partial charge on any atom is -0.473 e. The van der Waals surface area contributed by atoms with E-state index in [9.17, 15) is 4.79 Å². The average molecular weight is 376 g/mol. The van der Waals surface area contributed by atoms with Crippen molar-refractivity contribution in [2.45, 2.75) is 19.9 Å². The summed E-state index contributed by atoms with van der Waals surface area (Å²) in [6, 6.07) is 10.8. The van der Waals surface area contributed by atoms with Crippen LogP contribution in [0, 0.1) is 0 Å². The third-order valence-corrected chi connectivity index (χ3v) is 4.81. The maximum absolute atomic E-state index is 11.9. The fourth-order valence-corrected chi connectivity index (χ4v) is 3.69. The molecule has 0 atom stereocenters. The Kier molecular flexibility index (Phi) is 4.10. The third-order valence-electron chi connectivity index (χ3n) is 4.38. The Morgan fingerprint density at radius 3 is 2.60 bits per heavy atom. The van der Waals surface area contributed by atoms with Crippen LogP contribution in [0.25, 0.3) is 11.0 Å². The van der Waals surface area contributed by atoms with E-state index in [1.54, 1.807) is 12.1 Å². The van der Waals surface area contributed by atoms with Crippen LogP contribution < -0.4 is 15.3 Å². The van der Waals surface area contributed by atoms with Crippen LogP contribution in [0.1, 0.15) is 18.1 Å². The van der Waals surface area contributed by atoms with Gasteiger partial charge in [-0.2, -0.15) is 0 Å². The molecule has 0 fully saturated rings. The maximum atomic E-state index is 11.9. The molecule has 128 valence electrons. The lowest BCUT2D eigenvalue weighted by molar-refractivity contribution is 0.289. The summed E-state index contributed by atoms with van der Waals surface area (Å²) in [6.45, 7) is 2.93. The molecule has 1 aliphatic rings. The van der Waals surface area contributed by atoms with Crippen LogP contribution >= 0.6 is 23.2 Å². The number of hydrogen-bond donors (Lipinski definition) is 0. The first-order chi connectivity index (χ1) is 12.0. The van der Waals surface area contributed by atoms with Gasteiger partial charge < -0.3 is 14.1 Å². The van der Waals surface area contributed by atoms with E-state index in [4.69, 9.17) is 32.4 Å². The first kappa shape index (κ1) is 16.3. The summed E-state index contributed by atoms with van der Waals surface area (Å²) in [4.78, 5) is 13.9. The van der Waals surface area contributed by atoms with Crippen LogP contribution in [0.5, 0.6) is 5.75 Å². The van der Waals surface area contributed by atoms with Gasteiger partial charge in [0.25, 0.3) is 0 Å². The molecule has 0 saturated carbocycles. The summed E-state index contributed by atoms with van der Waals surface area (Å²) in [5.74, 6) is 0.730. The monoisotopic (exact) mass is 375 g/mol. The number of benzene rings is 2. The first-order valence-corrected chi connectivity index (χ1v) is 8.73. The summed E-state index contributed by atoms with van der Waals surface area (Å²) in [5.41, 5.74) is 2.92. The highest BCUT2D eigenvalue weighted by Gasteiger charge is 2.23. The topological polar surface area (TPSA) is 42.7 Å². The second kappa shape index (κ2) is 6.28. The van der Waals surface area contributed by atoms with Gasteiger partial charge in [-0.05, 0) is 42.3 Å². The number of anilines is 1. The van der Waals surface area contributed by atoms with Crippen LogP contribution in [0.4, 0.5) is 5.69 Å². The highest BCUT2D eigenvalue weighted by molar-refractivity contribution is 6.35. The highest BCUT2D eigenvalue weighted by atomic mass is 35.5. The fraction of sp³-hybridized carbons (Fsp3) is 0.211. The van der Waals surface area contributed by atoms with Gasteiger partial charge in [-0.3, -0.25) is 0 Å². The number of aryl methyl sites for hydroxylation is 1. The maximum Gasteiger partial charge on any atom is 0.336 e. The molecule has 4 nitrogen and oxygen atoms in total. The summed E-state index contributed by atoms with van der Waals surface area (Å²) < 4.78 is 11.4. The van der Waals surface area contributed by atoms with Gasteiger partial charge in [0.05, 0.1) is 12.1 Å². The molecule has 0 N–H and O–H groups in total. The van der Waals surface area contributed by atoms with Gasteiger partial charge in [0, 0.05) is 27.2 Å². The first-order valence-electron chi connectivity index (χ1n) is 7.97. The van der Waals surface area contributed by atoms with E-state index in [2.05, 4.69) is 0 Å². The Balaban J connectivity index is 1.84. The van der Waals surface area contributed by atoms with Crippen LogP contribution in [-0.2, 0) is 13.0 Å². The third kappa shape index (κ3) is 2.96. The quantitative estimate of drug-likeness (QED) is 0.589. The molecule has 2 aromatic carbocycles. The van der Waals surface area contributed by atoms with E-state index in [1.807, 2.05) is 36.1 Å². The molecule has 3 aromatic rings. The largest absolute Gasteiger partial charge is 0.473 e. The Hall–Kier alpha value is -2.17. The van der Waals surface area contributed by atoms with E-state index >= 15 is 0 Å². The van der Waals surface area contributed by atoms with Crippen LogP contribution in [0.2, 0.25) is 10.0 Å². The molecule has 25 heavy (non-hydrogen) atoms. The smallest absolute Gasteiger partial charge is 0.336 e. The number of halogens is 2. The molecule has 0 radical (unpaired) electrons. The molecule has 0 aliphatic carbocycles. The van der Waals surface area contributed by atoms with Gasteiger partial charge >= 0.3 is 5.63 Å². The zero-order valence-electron chi connectivity index (χ0n) is 13.5. The second-order valence-electron chi connectivity index (χ2n) is 5.96. The molecule has 0 saturated heterocycles. The van der Waals surface area contributed by atoms with Gasteiger partial charge in [0.1, 0.15) is 11.3 Å². The Morgan fingerprint density at radius 2 is 1.88 bits per heavy atom. The summed E-state index contributed by atoms with van der Waals surface area (Å²) >= 11 is 12.2. The molecule has 0 bridgehead atoms. The standard InChI is InChI=1S/C19H15Cl2NO3/c1-2-11-5-18(23)25-19-15(11)3-4-17-16(19)9-22(10-24-17)14-7-12(20)6-13(21)8-14/h3-8H,2,9-10H2,1H3. The molecular weight excluding hydrogens is 361 g/mol. The van der Waals surface area contributed by atoms with Crippen LogP contribution in [-0.4, -0.2) is 6.73 Å². The molecular formula is C19H15Cl2NO3. The highest BCUT2D eigenvalue weighted by Crippen LogP contribution is 2.36. The van der Waals surface area contributed by atoms with E-state index < -0.39 is 0 Å². The van der Waals surface area contributed by atoms with Crippen molar-refractivity contribution in [3.8, 4) is 5.75 Å². The van der Waals surface area contributed by atoms with Crippen molar-refractivity contribution in [3.63, 3.8) is 0 Å². The zero-order valence-corrected chi connectivity index (χ0v) is 15.0. The minimum absolute atomic E-state index is 0.347. The van der Waals surface area contributed by atoms with Crippen LogP contribution in [0.3, 0.4) is 0 Å². The number of hydrogen-bond acceptors (Lipinski definition) is 4. The number of nitrogens with zero attached hydrogens (tertiary/aromatic N) is 1. The molecule has 1 aromatic heterocycles. The van der Waals surface area contributed by atoms with E-state index in [0.29, 0.717) is 28.9 Å². The Labute approximate surface area is 154 Å². The number of fused-ring (bicyclic) bond motifs is 3. The minimum atomic E-state index is -0.347. The van der Waals surface area contributed by atoms with Gasteiger partial charge in [-0.15, -0.1) is 0 Å². The summed E-state index contributed by atoms with van der Waals surface area (Å²) in [6.07, 6.45) is 0.759. The number of rotatable bonds is 2. The SMILES string of the molecule is CCc1cc(=O)oc2c3c(ccc12)OCN(c1cc(Cl)cc(Cl)c1)C3. The Morgan fingerprint density at radius 1 is 1.12 bits per heavy atom. The second-order valence-corrected chi connectivity index (χ2v) is 6.84. The van der Waals surface area contributed by atoms with Crippen LogP contribution in [0.15, 0.2) is 45.6 Å². The summed E-state index contributed by atoms with van der Waals surface area (Å²) in [7, 11) is 0. The predicted molar refractivity (Wildman–Crippen MR) is 100 cm³/mol. The van der Waals surface area contributed by atoms with Crippen molar-refractivity contribution in [2.75, 3.05) is 11.6 Å². The van der Waals surface area contributed by atoms with Crippen molar-refractivity contribution in [2.24, 2.45) is 0 Å². The number of ether oxygens (including phenoxy) is 1. The molecule has 0 spiro atoms. The lowest BCUT2D eigenvalue weighted by Crippen LogP contribution is -2.32. The van der Waals surface area contributed by atoms with Crippen molar-refractivity contribution >= 4 is 39.9 Å². The van der Waals surface area contributed by atoms with E-state index in [0.717, 1.165) is 34.4 Å². The fourth-order valence-electron chi connectivity index (χ4n) is 3.18. The van der Waals surface area contributed by atoms with Crippen molar-refractivity contribution < 1.29 is 9.15 Å². The molecule has 6 heteroatoms. The van der Waals surface area contributed by atoms with Crippen molar-refractivity contribution in [1.29, 1.82) is 0 Å². The van der Waals surface area contributed by atoms with Gasteiger partial charge in [-0.25, -0.2) is 4.79 Å². The van der Waals surface area contributed by atoms with Crippen molar-refractivity contribution in [1.82, 2.24) is 0 Å². The zero-order chi connectivity index (χ0) is 17.6. The van der Waals surface area contributed by atoms with E-state index in [-0.39, 0.29) is 5.63 Å². The molecule has 4 rings (SSSR count). The van der Waals surface area contributed by atoms with Crippen molar-refractivity contribution in [3.05, 3.63) is 68.0 Å². The normalized spacial score (nSPS) is 13.6. The molecule has 1 aliphatic heterocycles.